The lowest BCUT2D eigenvalue weighted by Gasteiger charge is -2.46. The second-order valence-electron chi connectivity index (χ2n) is 5.40. The zero-order chi connectivity index (χ0) is 14.2. The van der Waals surface area contributed by atoms with Crippen LogP contribution in [0, 0.1) is 0 Å². The maximum absolute atomic E-state index is 6.27. The van der Waals surface area contributed by atoms with E-state index in [0.29, 0.717) is 12.1 Å². The van der Waals surface area contributed by atoms with E-state index in [-0.39, 0.29) is 12.2 Å². The molecule has 0 saturated carbocycles. The van der Waals surface area contributed by atoms with Gasteiger partial charge in [0.2, 0.25) is 0 Å². The van der Waals surface area contributed by atoms with E-state index in [2.05, 4.69) is 32.6 Å². The van der Waals surface area contributed by atoms with Gasteiger partial charge in [-0.05, 0) is 39.8 Å². The molecule has 1 heterocycles. The normalized spacial score (nSPS) is 32.5. The van der Waals surface area contributed by atoms with Crippen molar-refractivity contribution in [3.8, 4) is 0 Å². The number of benzene rings is 1. The van der Waals surface area contributed by atoms with Gasteiger partial charge in [0, 0.05) is 34.2 Å². The van der Waals surface area contributed by atoms with Crippen molar-refractivity contribution in [2.75, 3.05) is 0 Å². The summed E-state index contributed by atoms with van der Waals surface area (Å²) in [4.78, 5) is 2.42. The molecule has 0 N–H and O–H groups in total. The number of hydrogen-bond acceptors (Lipinski definition) is 2. The summed E-state index contributed by atoms with van der Waals surface area (Å²) < 4.78 is 5.93. The van der Waals surface area contributed by atoms with Crippen LogP contribution >= 0.6 is 23.2 Å². The quantitative estimate of drug-likeness (QED) is 0.804. The highest BCUT2D eigenvalue weighted by Crippen LogP contribution is 2.30. The first-order valence-electron chi connectivity index (χ1n) is 6.76. The molecule has 4 unspecified atom stereocenters. The molecule has 4 heteroatoms. The van der Waals surface area contributed by atoms with Crippen LogP contribution in [0.5, 0.6) is 0 Å². The molecule has 0 aliphatic carbocycles. The van der Waals surface area contributed by atoms with Gasteiger partial charge in [-0.1, -0.05) is 29.3 Å². The summed E-state index contributed by atoms with van der Waals surface area (Å²) >= 11 is 12.5. The minimum absolute atomic E-state index is 0.215. The lowest BCUT2D eigenvalue weighted by molar-refractivity contribution is -0.132. The number of ether oxygens (including phenoxy) is 1. The zero-order valence-corrected chi connectivity index (χ0v) is 13.4. The first-order chi connectivity index (χ1) is 8.91. The highest BCUT2D eigenvalue weighted by molar-refractivity contribution is 6.35. The lowest BCUT2D eigenvalue weighted by Crippen LogP contribution is -2.56. The third-order valence-electron chi connectivity index (χ3n) is 4.24. The van der Waals surface area contributed by atoms with Crippen LogP contribution in [-0.2, 0) is 11.3 Å². The van der Waals surface area contributed by atoms with Crippen LogP contribution in [0.15, 0.2) is 18.2 Å². The lowest BCUT2D eigenvalue weighted by atomic mass is 10.0. The molecule has 2 nitrogen and oxygen atoms in total. The monoisotopic (exact) mass is 301 g/mol. The number of nitrogens with zero attached hydrogens (tertiary/aromatic N) is 1. The molecule has 1 aromatic carbocycles. The molecule has 1 aromatic rings. The Kier molecular flexibility index (Phi) is 4.78. The van der Waals surface area contributed by atoms with Gasteiger partial charge in [0.15, 0.2) is 0 Å². The van der Waals surface area contributed by atoms with Gasteiger partial charge in [0.1, 0.15) is 0 Å². The van der Waals surface area contributed by atoms with Crippen LogP contribution in [0.1, 0.15) is 33.3 Å². The first-order valence-corrected chi connectivity index (χ1v) is 7.51. The average molecular weight is 302 g/mol. The van der Waals surface area contributed by atoms with Crippen molar-refractivity contribution in [1.29, 1.82) is 0 Å². The summed E-state index contributed by atoms with van der Waals surface area (Å²) in [7, 11) is 0. The van der Waals surface area contributed by atoms with E-state index >= 15 is 0 Å². The summed E-state index contributed by atoms with van der Waals surface area (Å²) in [5.41, 5.74) is 1.01. The minimum Gasteiger partial charge on any atom is -0.372 e. The van der Waals surface area contributed by atoms with E-state index in [1.54, 1.807) is 0 Å². The van der Waals surface area contributed by atoms with Gasteiger partial charge >= 0.3 is 0 Å². The number of hydrogen-bond donors (Lipinski definition) is 0. The zero-order valence-electron chi connectivity index (χ0n) is 11.9. The van der Waals surface area contributed by atoms with Gasteiger partial charge in [0.05, 0.1) is 12.2 Å². The SMILES string of the molecule is CC1OC(C)C(C)N(Cc2c(Cl)cccc2Cl)C1C. The Balaban J connectivity index is 2.25. The van der Waals surface area contributed by atoms with E-state index in [4.69, 9.17) is 27.9 Å². The Morgan fingerprint density at radius 1 is 1.00 bits per heavy atom. The van der Waals surface area contributed by atoms with Crippen LogP contribution in [0.25, 0.3) is 0 Å². The van der Waals surface area contributed by atoms with Crippen molar-refractivity contribution in [3.63, 3.8) is 0 Å². The summed E-state index contributed by atoms with van der Waals surface area (Å²) in [6, 6.07) is 6.36. The molecule has 1 aliphatic rings. The van der Waals surface area contributed by atoms with Crippen molar-refractivity contribution in [2.24, 2.45) is 0 Å². The fraction of sp³-hybridized carbons (Fsp3) is 0.600. The predicted octanol–water partition coefficient (Wildman–Crippen LogP) is 4.38. The first kappa shape index (κ1) is 15.1. The molecule has 1 fully saturated rings. The van der Waals surface area contributed by atoms with Crippen LogP contribution in [0.4, 0.5) is 0 Å². The third-order valence-corrected chi connectivity index (χ3v) is 4.94. The molecule has 0 amide bonds. The molecule has 0 bridgehead atoms. The van der Waals surface area contributed by atoms with Gasteiger partial charge in [-0.25, -0.2) is 0 Å². The second kappa shape index (κ2) is 6.01. The fourth-order valence-corrected chi connectivity index (χ4v) is 3.15. The van der Waals surface area contributed by atoms with E-state index in [1.807, 2.05) is 18.2 Å². The topological polar surface area (TPSA) is 12.5 Å². The van der Waals surface area contributed by atoms with Gasteiger partial charge < -0.3 is 4.74 Å². The summed E-state index contributed by atoms with van der Waals surface area (Å²) in [6.45, 7) is 9.39. The van der Waals surface area contributed by atoms with Crippen molar-refractivity contribution >= 4 is 23.2 Å². The van der Waals surface area contributed by atoms with Crippen LogP contribution in [0.2, 0.25) is 10.0 Å². The predicted molar refractivity (Wildman–Crippen MR) is 80.9 cm³/mol. The number of halogens is 2. The molecule has 0 aromatic heterocycles. The van der Waals surface area contributed by atoms with Crippen molar-refractivity contribution in [1.82, 2.24) is 4.90 Å². The molecule has 1 aliphatic heterocycles. The van der Waals surface area contributed by atoms with E-state index < -0.39 is 0 Å². The molecule has 106 valence electrons. The fourth-order valence-electron chi connectivity index (χ4n) is 2.63. The molecule has 2 rings (SSSR count). The van der Waals surface area contributed by atoms with Crippen LogP contribution in [0.3, 0.4) is 0 Å². The highest BCUT2D eigenvalue weighted by atomic mass is 35.5. The molecule has 1 saturated heterocycles. The van der Waals surface area contributed by atoms with Crippen molar-refractivity contribution < 1.29 is 4.74 Å². The van der Waals surface area contributed by atoms with Gasteiger partial charge in [-0.2, -0.15) is 0 Å². The molecule has 0 spiro atoms. The van der Waals surface area contributed by atoms with Gasteiger partial charge in [0.25, 0.3) is 0 Å². The maximum Gasteiger partial charge on any atom is 0.0704 e. The minimum atomic E-state index is 0.215. The number of rotatable bonds is 2. The Hall–Kier alpha value is -0.280. The summed E-state index contributed by atoms with van der Waals surface area (Å²) in [6.07, 6.45) is 0.430. The second-order valence-corrected chi connectivity index (χ2v) is 6.21. The Morgan fingerprint density at radius 3 is 1.95 bits per heavy atom. The maximum atomic E-state index is 6.27. The average Bonchev–Trinajstić information content (AvgIpc) is 2.35. The highest BCUT2D eigenvalue weighted by Gasteiger charge is 2.35. The summed E-state index contributed by atoms with van der Waals surface area (Å²) in [5.74, 6) is 0. The third kappa shape index (κ3) is 3.08. The van der Waals surface area contributed by atoms with Gasteiger partial charge in [-0.3, -0.25) is 4.90 Å². The molecule has 19 heavy (non-hydrogen) atoms. The van der Waals surface area contributed by atoms with E-state index in [9.17, 15) is 0 Å². The Morgan fingerprint density at radius 2 is 1.47 bits per heavy atom. The van der Waals surface area contributed by atoms with Crippen molar-refractivity contribution in [3.05, 3.63) is 33.8 Å². The smallest absolute Gasteiger partial charge is 0.0704 e. The molecule has 0 radical (unpaired) electrons. The largest absolute Gasteiger partial charge is 0.372 e. The summed E-state index contributed by atoms with van der Waals surface area (Å²) in [5, 5.41) is 1.47. The molecular formula is C15H21Cl2NO. The van der Waals surface area contributed by atoms with Crippen LogP contribution in [-0.4, -0.2) is 29.2 Å². The van der Waals surface area contributed by atoms with E-state index in [1.165, 1.54) is 0 Å². The number of morpholine rings is 1. The van der Waals surface area contributed by atoms with E-state index in [0.717, 1.165) is 22.2 Å². The molecule has 4 atom stereocenters. The molecular weight excluding hydrogens is 281 g/mol. The van der Waals surface area contributed by atoms with Crippen molar-refractivity contribution in [2.45, 2.75) is 58.5 Å². The Bertz CT molecular complexity index is 418. The standard InChI is InChI=1S/C15H21Cl2NO/c1-9-11(3)19-12(4)10(2)18(9)8-13-14(16)6-5-7-15(13)17/h5-7,9-12H,8H2,1-4H3. The van der Waals surface area contributed by atoms with Gasteiger partial charge in [-0.15, -0.1) is 0 Å². The van der Waals surface area contributed by atoms with Crippen LogP contribution < -0.4 is 0 Å². The Labute approximate surface area is 125 Å².